The van der Waals surface area contributed by atoms with Gasteiger partial charge in [0.2, 0.25) is 0 Å². The minimum Gasteiger partial charge on any atom is -0.392 e. The van der Waals surface area contributed by atoms with Crippen LogP contribution in [-0.4, -0.2) is 32.4 Å². The van der Waals surface area contributed by atoms with Crippen LogP contribution < -0.4 is 9.62 Å². The average molecular weight is 309 g/mol. The lowest BCUT2D eigenvalue weighted by Crippen LogP contribution is -2.51. The third kappa shape index (κ3) is 2.80. The summed E-state index contributed by atoms with van der Waals surface area (Å²) in [5, 5.41) is 9.30. The Kier molecular flexibility index (Phi) is 4.63. The van der Waals surface area contributed by atoms with Crippen LogP contribution in [0, 0.1) is 0 Å². The highest BCUT2D eigenvalue weighted by Crippen LogP contribution is 2.33. The fourth-order valence-electron chi connectivity index (χ4n) is 2.50. The van der Waals surface area contributed by atoms with Crippen LogP contribution in [0.15, 0.2) is 48.2 Å². The van der Waals surface area contributed by atoms with Gasteiger partial charge in [-0.15, -0.1) is 0 Å². The van der Waals surface area contributed by atoms with Gasteiger partial charge in [-0.25, -0.2) is 0 Å². The lowest BCUT2D eigenvalue weighted by Gasteiger charge is -2.34. The van der Waals surface area contributed by atoms with Crippen molar-refractivity contribution in [2.45, 2.75) is 13.5 Å². The summed E-state index contributed by atoms with van der Waals surface area (Å²) in [6.07, 6.45) is 5.40. The number of hydrogen-bond donors (Lipinski definition) is 2. The van der Waals surface area contributed by atoms with Crippen molar-refractivity contribution < 1.29 is 13.5 Å². The predicted molar refractivity (Wildman–Crippen MR) is 84.8 cm³/mol. The van der Waals surface area contributed by atoms with E-state index in [1.165, 1.54) is 0 Å². The van der Waals surface area contributed by atoms with E-state index in [1.807, 2.05) is 12.2 Å². The maximum atomic E-state index is 12.7. The van der Waals surface area contributed by atoms with Gasteiger partial charge in [0.15, 0.2) is 5.69 Å². The number of quaternary nitrogens is 1. The zero-order valence-electron chi connectivity index (χ0n) is 12.1. The summed E-state index contributed by atoms with van der Waals surface area (Å²) < 4.78 is 25.2. The third-order valence-corrected chi connectivity index (χ3v) is 5.90. The first-order chi connectivity index (χ1) is 9.99. The molecule has 0 bridgehead atoms. The van der Waals surface area contributed by atoms with Crippen LogP contribution in [0.5, 0.6) is 0 Å². The molecule has 5 nitrogen and oxygen atoms in total. The molecular formula is C15H21N2O3S+. The van der Waals surface area contributed by atoms with Gasteiger partial charge in [0, 0.05) is 24.3 Å². The smallest absolute Gasteiger partial charge is 0.306 e. The van der Waals surface area contributed by atoms with E-state index >= 15 is 0 Å². The van der Waals surface area contributed by atoms with Crippen LogP contribution in [0.25, 0.3) is 0 Å². The first-order valence-corrected chi connectivity index (χ1v) is 8.49. The second-order valence-electron chi connectivity index (χ2n) is 4.99. The monoisotopic (exact) mass is 309 g/mol. The molecule has 1 aliphatic rings. The average Bonchev–Trinajstić information content (AvgIpc) is 2.54. The van der Waals surface area contributed by atoms with Gasteiger partial charge in [-0.3, -0.25) is 0 Å². The molecule has 1 atom stereocenters. The van der Waals surface area contributed by atoms with Crippen LogP contribution in [0.3, 0.4) is 0 Å². The van der Waals surface area contributed by atoms with Crippen molar-refractivity contribution in [1.29, 1.82) is 0 Å². The molecule has 0 saturated heterocycles. The van der Waals surface area contributed by atoms with Crippen LogP contribution in [0.2, 0.25) is 0 Å². The highest BCUT2D eigenvalue weighted by molar-refractivity contribution is 7.91. The molecule has 21 heavy (non-hydrogen) atoms. The topological polar surface area (TPSA) is 80.4 Å². The van der Waals surface area contributed by atoms with E-state index in [9.17, 15) is 13.5 Å². The first kappa shape index (κ1) is 15.9. The summed E-state index contributed by atoms with van der Waals surface area (Å²) in [4.78, 5) is 0. The highest BCUT2D eigenvalue weighted by atomic mass is 32.2. The van der Waals surface area contributed by atoms with E-state index in [1.54, 1.807) is 37.4 Å². The fourth-order valence-corrected chi connectivity index (χ4v) is 4.00. The van der Waals surface area contributed by atoms with Crippen molar-refractivity contribution in [2.75, 3.05) is 18.8 Å². The Balaban J connectivity index is 2.68. The number of nitrogens with zero attached hydrogens (tertiary/aromatic N) is 1. The summed E-state index contributed by atoms with van der Waals surface area (Å²) in [6.45, 7) is 2.13. The number of nitrogens with two attached hydrogens (primary N) is 1. The summed E-state index contributed by atoms with van der Waals surface area (Å²) in [5.74, 6) is 0.0263. The molecule has 1 aromatic rings. The number of aliphatic hydroxyl groups is 1. The van der Waals surface area contributed by atoms with Gasteiger partial charge in [0.1, 0.15) is 12.7 Å². The van der Waals surface area contributed by atoms with Gasteiger partial charge in [-0.1, -0.05) is 18.2 Å². The lowest BCUT2D eigenvalue weighted by molar-refractivity contribution is 0.281. The molecule has 1 aromatic carbocycles. The minimum absolute atomic E-state index is 0.0263. The van der Waals surface area contributed by atoms with Gasteiger partial charge in [-0.2, -0.15) is 12.3 Å². The maximum absolute atomic E-state index is 12.7. The zero-order chi connectivity index (χ0) is 15.5. The Hall–Kier alpha value is -1.47. The molecule has 1 unspecified atom stereocenters. The van der Waals surface area contributed by atoms with Crippen molar-refractivity contribution in [3.8, 4) is 0 Å². The molecule has 0 aliphatic carbocycles. The van der Waals surface area contributed by atoms with Crippen molar-refractivity contribution in [1.82, 2.24) is 3.89 Å². The summed E-state index contributed by atoms with van der Waals surface area (Å²) >= 11 is 0. The van der Waals surface area contributed by atoms with Gasteiger partial charge in [-0.05, 0) is 18.6 Å². The van der Waals surface area contributed by atoms with E-state index < -0.39 is 10.0 Å². The molecule has 0 aromatic heterocycles. The lowest BCUT2D eigenvalue weighted by atomic mass is 10.1. The molecule has 2 rings (SSSR count). The molecule has 0 radical (unpaired) electrons. The van der Waals surface area contributed by atoms with Crippen LogP contribution in [-0.2, 0) is 16.6 Å². The molecule has 0 saturated carbocycles. The van der Waals surface area contributed by atoms with E-state index in [-0.39, 0.29) is 22.8 Å². The van der Waals surface area contributed by atoms with Crippen LogP contribution in [0.4, 0.5) is 5.69 Å². The molecule has 6 heteroatoms. The Morgan fingerprint density at radius 1 is 1.38 bits per heavy atom. The normalized spacial score (nSPS) is 22.1. The maximum Gasteiger partial charge on any atom is 0.306 e. The summed E-state index contributed by atoms with van der Waals surface area (Å²) in [5.41, 5.74) is 7.78. The van der Waals surface area contributed by atoms with Crippen molar-refractivity contribution in [2.24, 2.45) is 5.73 Å². The van der Waals surface area contributed by atoms with Gasteiger partial charge < -0.3 is 10.8 Å². The van der Waals surface area contributed by atoms with Crippen molar-refractivity contribution in [3.05, 3.63) is 53.8 Å². The number of sulfonamides is 1. The molecule has 0 spiro atoms. The summed E-state index contributed by atoms with van der Waals surface area (Å²) in [6, 6.07) is 7.04. The second-order valence-corrected chi connectivity index (χ2v) is 7.38. The number of hydrogen-bond acceptors (Lipinski definition) is 4. The van der Waals surface area contributed by atoms with Gasteiger partial charge in [0.05, 0.1) is 12.4 Å². The quantitative estimate of drug-likeness (QED) is 0.802. The van der Waals surface area contributed by atoms with Crippen LogP contribution >= 0.6 is 0 Å². The SMILES string of the molecule is CCS(=O)(=O)[N+]1(c2cccc(CO)c2)C=C(CN)C=CC1. The number of rotatable bonds is 5. The Bertz CT molecular complexity index is 680. The predicted octanol–water partition coefficient (Wildman–Crippen LogP) is 1.25. The Morgan fingerprint density at radius 3 is 2.76 bits per heavy atom. The molecule has 1 heterocycles. The Labute approximate surface area is 125 Å². The Morgan fingerprint density at radius 2 is 2.14 bits per heavy atom. The molecule has 0 amide bonds. The fraction of sp³-hybridized carbons (Fsp3) is 0.333. The van der Waals surface area contributed by atoms with Crippen molar-refractivity contribution >= 4 is 15.7 Å². The molecule has 114 valence electrons. The van der Waals surface area contributed by atoms with Gasteiger partial charge in [0.25, 0.3) is 0 Å². The number of benzene rings is 1. The molecule has 3 N–H and O–H groups in total. The molecule has 0 fully saturated rings. The van der Waals surface area contributed by atoms with E-state index in [0.717, 1.165) is 5.57 Å². The van der Waals surface area contributed by atoms with E-state index in [0.29, 0.717) is 17.8 Å². The first-order valence-electron chi connectivity index (χ1n) is 6.88. The zero-order valence-corrected chi connectivity index (χ0v) is 12.9. The standard InChI is InChI=1S/C15H21N2O3S/c1-2-21(19,20)17(8-4-6-14(10-16)11-17)15-7-3-5-13(9-15)12-18/h3-7,9,11,18H,2,8,10,12,16H2,1H3/q+1. The second kappa shape index (κ2) is 6.11. The summed E-state index contributed by atoms with van der Waals surface area (Å²) in [7, 11) is -3.43. The largest absolute Gasteiger partial charge is 0.392 e. The van der Waals surface area contributed by atoms with E-state index in [2.05, 4.69) is 0 Å². The van der Waals surface area contributed by atoms with Crippen LogP contribution in [0.1, 0.15) is 12.5 Å². The van der Waals surface area contributed by atoms with Gasteiger partial charge >= 0.3 is 10.0 Å². The van der Waals surface area contributed by atoms with E-state index in [4.69, 9.17) is 5.73 Å². The highest BCUT2D eigenvalue weighted by Gasteiger charge is 2.42. The molecular weight excluding hydrogens is 288 g/mol. The van der Waals surface area contributed by atoms with Crippen molar-refractivity contribution in [3.63, 3.8) is 0 Å². The minimum atomic E-state index is -3.43. The number of aliphatic hydroxyl groups excluding tert-OH is 1. The molecule has 1 aliphatic heterocycles. The third-order valence-electron chi connectivity index (χ3n) is 3.71.